The maximum atomic E-state index is 13.5. The quantitative estimate of drug-likeness (QED) is 0.401. The third kappa shape index (κ3) is 3.51. The number of benzene rings is 2. The van der Waals surface area contributed by atoms with Gasteiger partial charge < -0.3 is 15.6 Å². The Morgan fingerprint density at radius 1 is 1.11 bits per heavy atom. The number of alkyl halides is 2. The number of likely N-dealkylation sites (tertiary alicyclic amines) is 1. The standard InChI is InChI=1S/C25H21F2N7O2/c1-14-30-19-4-3-17(11-20(19)31-14)34-22(28)18(12-29-34)24(36)33-8-6-15-10-16(2-5-21(15)33)23(35)32-9-7-25(26,27)13-32/h2-6,8,10-12H,7,9,13,28H2,1H3,(H,30,31). The second-order valence-electron chi connectivity index (χ2n) is 8.98. The predicted octanol–water partition coefficient (Wildman–Crippen LogP) is 3.76. The minimum absolute atomic E-state index is 0.0132. The number of aromatic amines is 1. The first-order valence-corrected chi connectivity index (χ1v) is 11.3. The van der Waals surface area contributed by atoms with Crippen LogP contribution in [0, 0.1) is 6.92 Å². The number of hydrogen-bond acceptors (Lipinski definition) is 5. The number of amides is 1. The number of hydrogen-bond donors (Lipinski definition) is 2. The third-order valence-electron chi connectivity index (χ3n) is 6.48. The Morgan fingerprint density at radius 3 is 2.72 bits per heavy atom. The molecule has 1 fully saturated rings. The number of rotatable bonds is 3. The van der Waals surface area contributed by atoms with Crippen LogP contribution in [0.1, 0.15) is 33.0 Å². The number of imidazole rings is 1. The summed E-state index contributed by atoms with van der Waals surface area (Å²) in [6.45, 7) is 1.29. The highest BCUT2D eigenvalue weighted by Gasteiger charge is 2.40. The summed E-state index contributed by atoms with van der Waals surface area (Å²) in [4.78, 5) is 34.8. The van der Waals surface area contributed by atoms with Crippen LogP contribution < -0.4 is 5.73 Å². The van der Waals surface area contributed by atoms with Crippen LogP contribution in [0.3, 0.4) is 0 Å². The van der Waals surface area contributed by atoms with Gasteiger partial charge in [0.25, 0.3) is 17.7 Å². The van der Waals surface area contributed by atoms with Crippen LogP contribution >= 0.6 is 0 Å². The van der Waals surface area contributed by atoms with Crippen LogP contribution in [0.5, 0.6) is 0 Å². The van der Waals surface area contributed by atoms with E-state index >= 15 is 0 Å². The maximum absolute atomic E-state index is 13.5. The molecule has 0 radical (unpaired) electrons. The number of carbonyl (C=O) groups excluding carboxylic acids is 2. The number of carbonyl (C=O) groups is 2. The lowest BCUT2D eigenvalue weighted by Crippen LogP contribution is -2.31. The molecule has 6 rings (SSSR count). The summed E-state index contributed by atoms with van der Waals surface area (Å²) < 4.78 is 30.0. The monoisotopic (exact) mass is 489 g/mol. The minimum atomic E-state index is -2.86. The molecule has 1 saturated heterocycles. The molecule has 0 unspecified atom stereocenters. The lowest BCUT2D eigenvalue weighted by atomic mass is 10.1. The molecule has 0 spiro atoms. The molecule has 182 valence electrons. The number of aryl methyl sites for hydroxylation is 1. The Bertz CT molecular complexity index is 1680. The van der Waals surface area contributed by atoms with Crippen molar-refractivity contribution in [3.8, 4) is 5.69 Å². The van der Waals surface area contributed by atoms with Crippen molar-refractivity contribution >= 4 is 39.6 Å². The van der Waals surface area contributed by atoms with E-state index in [0.717, 1.165) is 21.8 Å². The number of halogens is 2. The van der Waals surface area contributed by atoms with Crippen LogP contribution in [0.25, 0.3) is 27.6 Å². The second kappa shape index (κ2) is 7.74. The van der Waals surface area contributed by atoms with Crippen molar-refractivity contribution in [2.24, 2.45) is 0 Å². The van der Waals surface area contributed by atoms with E-state index in [9.17, 15) is 18.4 Å². The molecule has 4 heterocycles. The fourth-order valence-electron chi connectivity index (χ4n) is 4.66. The molecule has 5 aromatic rings. The zero-order valence-corrected chi connectivity index (χ0v) is 19.2. The molecule has 1 amide bonds. The van der Waals surface area contributed by atoms with Gasteiger partial charge in [-0.15, -0.1) is 0 Å². The van der Waals surface area contributed by atoms with Gasteiger partial charge >= 0.3 is 0 Å². The van der Waals surface area contributed by atoms with Crippen molar-refractivity contribution in [3.05, 3.63) is 71.8 Å². The van der Waals surface area contributed by atoms with E-state index in [1.807, 2.05) is 25.1 Å². The first-order chi connectivity index (χ1) is 17.2. The van der Waals surface area contributed by atoms with Gasteiger partial charge in [-0.05, 0) is 49.4 Å². The van der Waals surface area contributed by atoms with E-state index in [2.05, 4.69) is 15.1 Å². The van der Waals surface area contributed by atoms with Crippen molar-refractivity contribution in [3.63, 3.8) is 0 Å². The Labute approximate surface area is 203 Å². The third-order valence-corrected chi connectivity index (χ3v) is 6.48. The van der Waals surface area contributed by atoms with E-state index in [0.29, 0.717) is 22.2 Å². The lowest BCUT2D eigenvalue weighted by molar-refractivity contribution is 0.0120. The Morgan fingerprint density at radius 2 is 1.94 bits per heavy atom. The number of nitrogens with one attached hydrogen (secondary N) is 1. The van der Waals surface area contributed by atoms with Gasteiger partial charge in [0.15, 0.2) is 0 Å². The van der Waals surface area contributed by atoms with Crippen molar-refractivity contribution in [1.29, 1.82) is 0 Å². The van der Waals surface area contributed by atoms with E-state index in [-0.39, 0.29) is 30.3 Å². The molecule has 2 aromatic carbocycles. The van der Waals surface area contributed by atoms with Crippen molar-refractivity contribution in [1.82, 2.24) is 29.2 Å². The predicted molar refractivity (Wildman–Crippen MR) is 129 cm³/mol. The molecule has 0 aliphatic carbocycles. The molecule has 3 aromatic heterocycles. The zero-order valence-electron chi connectivity index (χ0n) is 19.2. The van der Waals surface area contributed by atoms with E-state index in [4.69, 9.17) is 5.73 Å². The average molecular weight is 489 g/mol. The number of nitrogens with zero attached hydrogens (tertiary/aromatic N) is 5. The number of nitrogen functional groups attached to an aromatic ring is 1. The Hall–Kier alpha value is -4.54. The summed E-state index contributed by atoms with van der Waals surface area (Å²) in [7, 11) is 0. The molecule has 3 N–H and O–H groups in total. The summed E-state index contributed by atoms with van der Waals surface area (Å²) in [6.07, 6.45) is 2.66. The molecule has 0 atom stereocenters. The number of nitrogens with two attached hydrogens (primary N) is 1. The first kappa shape index (κ1) is 22.0. The summed E-state index contributed by atoms with van der Waals surface area (Å²) in [5.74, 6) is -2.74. The van der Waals surface area contributed by atoms with Crippen LogP contribution in [0.4, 0.5) is 14.6 Å². The molecule has 0 bridgehead atoms. The highest BCUT2D eigenvalue weighted by molar-refractivity contribution is 6.06. The number of aromatic nitrogens is 5. The molecule has 9 nitrogen and oxygen atoms in total. The summed E-state index contributed by atoms with van der Waals surface area (Å²) in [5, 5.41) is 4.94. The van der Waals surface area contributed by atoms with Gasteiger partial charge in [-0.2, -0.15) is 5.10 Å². The van der Waals surface area contributed by atoms with Crippen molar-refractivity contribution < 1.29 is 18.4 Å². The molecule has 1 aliphatic heterocycles. The highest BCUT2D eigenvalue weighted by Crippen LogP contribution is 2.29. The molecule has 1 aliphatic rings. The van der Waals surface area contributed by atoms with Gasteiger partial charge in [-0.3, -0.25) is 14.2 Å². The first-order valence-electron chi connectivity index (χ1n) is 11.3. The van der Waals surface area contributed by atoms with Crippen molar-refractivity contribution in [2.45, 2.75) is 19.3 Å². The number of anilines is 1. The van der Waals surface area contributed by atoms with Gasteiger partial charge in [0.05, 0.1) is 35.0 Å². The van der Waals surface area contributed by atoms with Gasteiger partial charge in [0.2, 0.25) is 0 Å². The summed E-state index contributed by atoms with van der Waals surface area (Å²) >= 11 is 0. The maximum Gasteiger partial charge on any atom is 0.267 e. The van der Waals surface area contributed by atoms with Gasteiger partial charge in [-0.25, -0.2) is 18.4 Å². The topological polar surface area (TPSA) is 115 Å². The average Bonchev–Trinajstić information content (AvgIpc) is 3.61. The van der Waals surface area contributed by atoms with E-state index in [1.54, 1.807) is 30.5 Å². The largest absolute Gasteiger partial charge is 0.383 e. The normalized spacial score (nSPS) is 15.2. The van der Waals surface area contributed by atoms with Crippen LogP contribution in [-0.2, 0) is 0 Å². The second-order valence-corrected chi connectivity index (χ2v) is 8.98. The Kier molecular flexibility index (Phi) is 4.72. The van der Waals surface area contributed by atoms with Crippen molar-refractivity contribution in [2.75, 3.05) is 18.8 Å². The van der Waals surface area contributed by atoms with Gasteiger partial charge in [0, 0.05) is 30.1 Å². The van der Waals surface area contributed by atoms with Crippen LogP contribution in [0.15, 0.2) is 54.9 Å². The molecular formula is C25H21F2N7O2. The zero-order chi connectivity index (χ0) is 25.2. The summed E-state index contributed by atoms with van der Waals surface area (Å²) in [6, 6.07) is 12.0. The lowest BCUT2D eigenvalue weighted by Gasteiger charge is -2.16. The number of fused-ring (bicyclic) bond motifs is 2. The Balaban J connectivity index is 1.30. The highest BCUT2D eigenvalue weighted by atomic mass is 19.3. The fourth-order valence-corrected chi connectivity index (χ4v) is 4.66. The van der Waals surface area contributed by atoms with E-state index in [1.165, 1.54) is 15.4 Å². The smallest absolute Gasteiger partial charge is 0.267 e. The van der Waals surface area contributed by atoms with Gasteiger partial charge in [0.1, 0.15) is 17.2 Å². The van der Waals surface area contributed by atoms with Gasteiger partial charge in [-0.1, -0.05) is 0 Å². The minimum Gasteiger partial charge on any atom is -0.383 e. The molecular weight excluding hydrogens is 468 g/mol. The van der Waals surface area contributed by atoms with Crippen LogP contribution in [0.2, 0.25) is 0 Å². The molecule has 36 heavy (non-hydrogen) atoms. The number of H-pyrrole nitrogens is 1. The fraction of sp³-hybridized carbons (Fsp3) is 0.200. The SMILES string of the molecule is Cc1nc2cc(-n3ncc(C(=O)n4ccc5cc(C(=O)N6CCC(F)(F)C6)ccc54)c3N)ccc2[nH]1. The molecule has 0 saturated carbocycles. The summed E-state index contributed by atoms with van der Waals surface area (Å²) in [5.41, 5.74) is 9.69. The van der Waals surface area contributed by atoms with E-state index < -0.39 is 18.4 Å². The molecule has 11 heteroatoms. The van der Waals surface area contributed by atoms with Crippen LogP contribution in [-0.4, -0.2) is 60.0 Å².